The molecule has 0 spiro atoms. The number of pyridine rings is 1. The maximum absolute atomic E-state index is 13.0. The van der Waals surface area contributed by atoms with Crippen LogP contribution in [-0.4, -0.2) is 26.0 Å². The van der Waals surface area contributed by atoms with Gasteiger partial charge in [0.1, 0.15) is 11.3 Å². The Hall–Kier alpha value is -4.26. The second-order valence-corrected chi connectivity index (χ2v) is 7.54. The highest BCUT2D eigenvalue weighted by Crippen LogP contribution is 2.28. The van der Waals surface area contributed by atoms with E-state index in [0.29, 0.717) is 28.9 Å². The van der Waals surface area contributed by atoms with Crippen molar-refractivity contribution in [3.63, 3.8) is 0 Å². The van der Waals surface area contributed by atoms with E-state index < -0.39 is 5.91 Å². The maximum Gasteiger partial charge on any atom is 0.289 e. The first kappa shape index (κ1) is 19.7. The highest BCUT2D eigenvalue weighted by Gasteiger charge is 2.20. The number of fused-ring (bicyclic) bond motifs is 3. The van der Waals surface area contributed by atoms with Crippen molar-refractivity contribution in [2.75, 3.05) is 0 Å². The average Bonchev–Trinajstić information content (AvgIpc) is 3.19. The van der Waals surface area contributed by atoms with Gasteiger partial charge in [0.15, 0.2) is 5.58 Å². The summed E-state index contributed by atoms with van der Waals surface area (Å²) < 4.78 is 5.95. The van der Waals surface area contributed by atoms with E-state index in [1.165, 1.54) is 0 Å². The van der Waals surface area contributed by atoms with Crippen LogP contribution < -0.4 is 5.32 Å². The number of aromatic hydroxyl groups is 1. The van der Waals surface area contributed by atoms with Crippen LogP contribution in [0.2, 0.25) is 0 Å². The van der Waals surface area contributed by atoms with Crippen LogP contribution in [0.25, 0.3) is 22.2 Å². The number of phenolic OH excluding ortho intramolecular Hbond substituents is 1. The second-order valence-electron chi connectivity index (χ2n) is 7.54. The molecule has 0 aliphatic carbocycles. The number of benzene rings is 2. The zero-order valence-corrected chi connectivity index (χ0v) is 17.4. The number of nitrogens with zero attached hydrogens (tertiary/aromatic N) is 3. The van der Waals surface area contributed by atoms with Gasteiger partial charge in [-0.05, 0) is 41.8 Å². The fraction of sp³-hybridized carbons (Fsp3) is 0.120. The van der Waals surface area contributed by atoms with Crippen molar-refractivity contribution in [3.05, 3.63) is 95.1 Å². The summed E-state index contributed by atoms with van der Waals surface area (Å²) >= 11 is 0. The van der Waals surface area contributed by atoms with Crippen LogP contribution in [0, 0.1) is 6.92 Å². The summed E-state index contributed by atoms with van der Waals surface area (Å²) in [5.74, 6) is -0.146. The summed E-state index contributed by atoms with van der Waals surface area (Å²) in [6, 6.07) is 18.8. The van der Waals surface area contributed by atoms with Gasteiger partial charge in [0, 0.05) is 19.2 Å². The third-order valence-electron chi connectivity index (χ3n) is 5.44. The SMILES string of the molecule is Cc1c(O)cccc1CNC(=O)c1nc(Cc2ccccc2)c2oc3ncccc3c2n1. The number of hydrogen-bond donors (Lipinski definition) is 2. The largest absolute Gasteiger partial charge is 0.508 e. The van der Waals surface area contributed by atoms with E-state index in [-0.39, 0.29) is 18.1 Å². The quantitative estimate of drug-likeness (QED) is 0.436. The van der Waals surface area contributed by atoms with Crippen LogP contribution in [0.4, 0.5) is 0 Å². The predicted octanol–water partition coefficient (Wildman–Crippen LogP) is 4.31. The molecule has 0 saturated heterocycles. The molecule has 0 aliphatic rings. The molecule has 7 nitrogen and oxygen atoms in total. The number of rotatable bonds is 5. The molecular weight excluding hydrogens is 404 g/mol. The van der Waals surface area contributed by atoms with E-state index in [0.717, 1.165) is 22.1 Å². The molecule has 0 aliphatic heterocycles. The van der Waals surface area contributed by atoms with E-state index in [2.05, 4.69) is 20.3 Å². The molecule has 1 amide bonds. The van der Waals surface area contributed by atoms with E-state index in [1.807, 2.05) is 49.4 Å². The normalized spacial score (nSPS) is 11.2. The minimum Gasteiger partial charge on any atom is -0.508 e. The van der Waals surface area contributed by atoms with Crippen molar-refractivity contribution < 1.29 is 14.3 Å². The number of amides is 1. The Morgan fingerprint density at radius 1 is 1.03 bits per heavy atom. The third kappa shape index (κ3) is 3.65. The summed E-state index contributed by atoms with van der Waals surface area (Å²) in [4.78, 5) is 26.3. The molecule has 0 bridgehead atoms. The molecule has 2 N–H and O–H groups in total. The number of phenols is 1. The monoisotopic (exact) mass is 424 g/mol. The first-order valence-corrected chi connectivity index (χ1v) is 10.2. The van der Waals surface area contributed by atoms with Crippen LogP contribution in [0.3, 0.4) is 0 Å². The van der Waals surface area contributed by atoms with Crippen molar-refractivity contribution in [2.24, 2.45) is 0 Å². The molecule has 0 fully saturated rings. The highest BCUT2D eigenvalue weighted by molar-refractivity contribution is 6.03. The lowest BCUT2D eigenvalue weighted by Crippen LogP contribution is -2.25. The van der Waals surface area contributed by atoms with E-state index >= 15 is 0 Å². The number of nitrogens with one attached hydrogen (secondary N) is 1. The molecule has 0 saturated carbocycles. The molecule has 5 rings (SSSR count). The van der Waals surface area contributed by atoms with Crippen molar-refractivity contribution in [3.8, 4) is 5.75 Å². The average molecular weight is 424 g/mol. The highest BCUT2D eigenvalue weighted by atomic mass is 16.3. The molecular formula is C25H20N4O3. The van der Waals surface area contributed by atoms with Crippen molar-refractivity contribution in [1.29, 1.82) is 0 Å². The predicted molar refractivity (Wildman–Crippen MR) is 120 cm³/mol. The van der Waals surface area contributed by atoms with Gasteiger partial charge in [-0.3, -0.25) is 4.79 Å². The first-order chi connectivity index (χ1) is 15.6. The third-order valence-corrected chi connectivity index (χ3v) is 5.44. The van der Waals surface area contributed by atoms with Gasteiger partial charge in [0.05, 0.1) is 11.1 Å². The molecule has 158 valence electrons. The fourth-order valence-corrected chi connectivity index (χ4v) is 3.66. The van der Waals surface area contributed by atoms with Crippen LogP contribution in [0.1, 0.15) is 33.0 Å². The van der Waals surface area contributed by atoms with Gasteiger partial charge >= 0.3 is 0 Å². The Kier molecular flexibility index (Phi) is 4.99. The minimum absolute atomic E-state index is 0.0628. The first-order valence-electron chi connectivity index (χ1n) is 10.2. The molecule has 3 heterocycles. The number of carbonyl (C=O) groups is 1. The summed E-state index contributed by atoms with van der Waals surface area (Å²) in [7, 11) is 0. The van der Waals surface area contributed by atoms with Gasteiger partial charge < -0.3 is 14.8 Å². The zero-order valence-electron chi connectivity index (χ0n) is 17.4. The van der Waals surface area contributed by atoms with Crippen LogP contribution in [-0.2, 0) is 13.0 Å². The Balaban J connectivity index is 1.54. The summed E-state index contributed by atoms with van der Waals surface area (Å²) in [5.41, 5.74) is 4.76. The lowest BCUT2D eigenvalue weighted by atomic mass is 10.1. The number of aromatic nitrogens is 3. The molecule has 0 atom stereocenters. The van der Waals surface area contributed by atoms with Gasteiger partial charge in [-0.1, -0.05) is 42.5 Å². The topological polar surface area (TPSA) is 101 Å². The molecule has 3 aromatic heterocycles. The number of hydrogen-bond acceptors (Lipinski definition) is 6. The summed E-state index contributed by atoms with van der Waals surface area (Å²) in [6.45, 7) is 2.06. The lowest BCUT2D eigenvalue weighted by Gasteiger charge is -2.09. The Morgan fingerprint density at radius 3 is 2.72 bits per heavy atom. The standard InChI is InChI=1S/C25H20N4O3/c1-15-17(9-5-11-20(15)30)14-27-24(31)23-28-19(13-16-7-3-2-4-8-16)22-21(29-23)18-10-6-12-26-25(18)32-22/h2-12,30H,13-14H2,1H3,(H,27,31). The molecule has 7 heteroatoms. The second kappa shape index (κ2) is 8.11. The Morgan fingerprint density at radius 2 is 1.88 bits per heavy atom. The number of furan rings is 1. The minimum atomic E-state index is -0.401. The van der Waals surface area contributed by atoms with E-state index in [9.17, 15) is 9.90 Å². The Bertz CT molecular complexity index is 1440. The van der Waals surface area contributed by atoms with Gasteiger partial charge in [-0.2, -0.15) is 0 Å². The smallest absolute Gasteiger partial charge is 0.289 e. The van der Waals surface area contributed by atoms with Crippen LogP contribution in [0.5, 0.6) is 5.75 Å². The van der Waals surface area contributed by atoms with Crippen molar-refractivity contribution in [2.45, 2.75) is 19.9 Å². The summed E-state index contributed by atoms with van der Waals surface area (Å²) in [6.07, 6.45) is 2.14. The van der Waals surface area contributed by atoms with E-state index in [1.54, 1.807) is 24.4 Å². The maximum atomic E-state index is 13.0. The lowest BCUT2D eigenvalue weighted by molar-refractivity contribution is 0.0940. The zero-order chi connectivity index (χ0) is 22.1. The van der Waals surface area contributed by atoms with Gasteiger partial charge in [-0.25, -0.2) is 15.0 Å². The van der Waals surface area contributed by atoms with Crippen molar-refractivity contribution in [1.82, 2.24) is 20.3 Å². The van der Waals surface area contributed by atoms with E-state index in [4.69, 9.17) is 4.42 Å². The van der Waals surface area contributed by atoms with Gasteiger partial charge in [0.2, 0.25) is 11.5 Å². The van der Waals surface area contributed by atoms with Gasteiger partial charge in [0.25, 0.3) is 5.91 Å². The number of carbonyl (C=O) groups excluding carboxylic acids is 1. The Labute approximate surface area is 183 Å². The van der Waals surface area contributed by atoms with Gasteiger partial charge in [-0.15, -0.1) is 0 Å². The molecule has 0 radical (unpaired) electrons. The molecule has 0 unspecified atom stereocenters. The molecule has 32 heavy (non-hydrogen) atoms. The van der Waals surface area contributed by atoms with Crippen molar-refractivity contribution >= 4 is 28.1 Å². The summed E-state index contributed by atoms with van der Waals surface area (Å²) in [5, 5.41) is 13.5. The fourth-order valence-electron chi connectivity index (χ4n) is 3.66. The molecule has 5 aromatic rings. The molecule has 2 aromatic carbocycles. The van der Waals surface area contributed by atoms with Crippen LogP contribution >= 0.6 is 0 Å². The van der Waals surface area contributed by atoms with Crippen LogP contribution in [0.15, 0.2) is 71.3 Å².